The van der Waals surface area contributed by atoms with Gasteiger partial charge in [-0.25, -0.2) is 0 Å². The van der Waals surface area contributed by atoms with Crippen molar-refractivity contribution in [3.8, 4) is 0 Å². The summed E-state index contributed by atoms with van der Waals surface area (Å²) in [7, 11) is 0. The highest BCUT2D eigenvalue weighted by Crippen LogP contribution is 2.28. The Morgan fingerprint density at radius 2 is 1.17 bits per heavy atom. The lowest BCUT2D eigenvalue weighted by Crippen LogP contribution is -2.20. The van der Waals surface area contributed by atoms with Crippen LogP contribution in [0.5, 0.6) is 0 Å². The molecule has 2 nitrogen and oxygen atoms in total. The Morgan fingerprint density at radius 3 is 1.56 bits per heavy atom. The second-order valence-corrected chi connectivity index (χ2v) is 6.10. The molecule has 2 heteroatoms. The van der Waals surface area contributed by atoms with E-state index in [0.717, 1.165) is 64.2 Å². The van der Waals surface area contributed by atoms with Crippen LogP contribution < -0.4 is 0 Å². The standard InChI is InChI=1S/C16H26O2/c17-15-11-5-3-9-13(15)7-1-2-8-14-10-4-6-12-16(14)18/h13-14H,1-12H2. The van der Waals surface area contributed by atoms with E-state index in [1.165, 1.54) is 12.8 Å². The van der Waals surface area contributed by atoms with Crippen LogP contribution >= 0.6 is 0 Å². The zero-order valence-electron chi connectivity index (χ0n) is 11.5. The maximum atomic E-state index is 11.7. The molecular weight excluding hydrogens is 224 g/mol. The Morgan fingerprint density at radius 1 is 0.722 bits per heavy atom. The van der Waals surface area contributed by atoms with Gasteiger partial charge < -0.3 is 0 Å². The lowest BCUT2D eigenvalue weighted by Gasteiger charge is -2.22. The van der Waals surface area contributed by atoms with Crippen LogP contribution in [-0.4, -0.2) is 11.6 Å². The zero-order valence-corrected chi connectivity index (χ0v) is 11.5. The zero-order chi connectivity index (χ0) is 12.8. The number of unbranched alkanes of at least 4 members (excludes halogenated alkanes) is 1. The SMILES string of the molecule is O=C1CCCCC1CCCCC1CCCCC1=O. The van der Waals surface area contributed by atoms with E-state index in [9.17, 15) is 9.59 Å². The first-order valence-corrected chi connectivity index (χ1v) is 7.83. The van der Waals surface area contributed by atoms with Crippen molar-refractivity contribution < 1.29 is 9.59 Å². The molecule has 2 rings (SSSR count). The second kappa shape index (κ2) is 7.06. The van der Waals surface area contributed by atoms with E-state index in [4.69, 9.17) is 0 Å². The number of carbonyl (C=O) groups is 2. The lowest BCUT2D eigenvalue weighted by atomic mass is 9.82. The van der Waals surface area contributed by atoms with Crippen molar-refractivity contribution in [1.82, 2.24) is 0 Å². The average Bonchev–Trinajstić information content (AvgIpc) is 2.38. The van der Waals surface area contributed by atoms with Gasteiger partial charge in [0.1, 0.15) is 11.6 Å². The molecule has 0 aliphatic heterocycles. The molecule has 0 heterocycles. The van der Waals surface area contributed by atoms with Crippen LogP contribution in [0.3, 0.4) is 0 Å². The van der Waals surface area contributed by atoms with E-state index >= 15 is 0 Å². The molecule has 102 valence electrons. The van der Waals surface area contributed by atoms with Gasteiger partial charge in [0.15, 0.2) is 0 Å². The molecule has 0 amide bonds. The number of hydrogen-bond acceptors (Lipinski definition) is 2. The highest BCUT2D eigenvalue weighted by molar-refractivity contribution is 5.82. The van der Waals surface area contributed by atoms with Gasteiger partial charge in [-0.05, 0) is 38.5 Å². The summed E-state index contributed by atoms with van der Waals surface area (Å²) in [5.74, 6) is 1.69. The molecule has 0 N–H and O–H groups in total. The molecular formula is C16H26O2. The van der Waals surface area contributed by atoms with E-state index in [2.05, 4.69) is 0 Å². The van der Waals surface area contributed by atoms with Crippen molar-refractivity contribution in [2.75, 3.05) is 0 Å². The number of carbonyl (C=O) groups excluding carboxylic acids is 2. The van der Waals surface area contributed by atoms with Gasteiger partial charge in [0.05, 0.1) is 0 Å². The molecule has 18 heavy (non-hydrogen) atoms. The highest BCUT2D eigenvalue weighted by Gasteiger charge is 2.23. The molecule has 2 aliphatic carbocycles. The number of hydrogen-bond donors (Lipinski definition) is 0. The molecule has 0 saturated heterocycles. The maximum Gasteiger partial charge on any atom is 0.135 e. The lowest BCUT2D eigenvalue weighted by molar-refractivity contribution is -0.126. The van der Waals surface area contributed by atoms with Crippen LogP contribution in [0, 0.1) is 11.8 Å². The average molecular weight is 250 g/mol. The minimum Gasteiger partial charge on any atom is -0.299 e. The Labute approximate surface area is 111 Å². The van der Waals surface area contributed by atoms with Gasteiger partial charge in [-0.2, -0.15) is 0 Å². The van der Waals surface area contributed by atoms with Crippen molar-refractivity contribution >= 4 is 11.6 Å². The third-order valence-electron chi connectivity index (χ3n) is 4.72. The Kier molecular flexibility index (Phi) is 5.40. The molecule has 0 radical (unpaired) electrons. The van der Waals surface area contributed by atoms with E-state index in [1.807, 2.05) is 0 Å². The summed E-state index contributed by atoms with van der Waals surface area (Å²) in [6.45, 7) is 0. The van der Waals surface area contributed by atoms with E-state index < -0.39 is 0 Å². The molecule has 0 aromatic heterocycles. The topological polar surface area (TPSA) is 34.1 Å². The molecule has 0 bridgehead atoms. The van der Waals surface area contributed by atoms with Gasteiger partial charge in [-0.15, -0.1) is 0 Å². The smallest absolute Gasteiger partial charge is 0.135 e. The van der Waals surface area contributed by atoms with Crippen molar-refractivity contribution in [2.45, 2.75) is 77.0 Å². The number of rotatable bonds is 5. The summed E-state index contributed by atoms with van der Waals surface area (Å²) in [6, 6.07) is 0. The van der Waals surface area contributed by atoms with Crippen LogP contribution in [0.2, 0.25) is 0 Å². The fourth-order valence-electron chi connectivity index (χ4n) is 3.50. The van der Waals surface area contributed by atoms with Crippen molar-refractivity contribution in [2.24, 2.45) is 11.8 Å². The second-order valence-electron chi connectivity index (χ2n) is 6.10. The summed E-state index contributed by atoms with van der Waals surface area (Å²) in [5.41, 5.74) is 0. The van der Waals surface area contributed by atoms with Gasteiger partial charge >= 0.3 is 0 Å². The monoisotopic (exact) mass is 250 g/mol. The van der Waals surface area contributed by atoms with Crippen LogP contribution in [0.25, 0.3) is 0 Å². The first kappa shape index (κ1) is 13.8. The van der Waals surface area contributed by atoms with Crippen molar-refractivity contribution in [3.05, 3.63) is 0 Å². The molecule has 2 fully saturated rings. The highest BCUT2D eigenvalue weighted by atomic mass is 16.1. The molecule has 2 saturated carbocycles. The van der Waals surface area contributed by atoms with Crippen LogP contribution in [-0.2, 0) is 9.59 Å². The van der Waals surface area contributed by atoms with Crippen LogP contribution in [0.1, 0.15) is 77.0 Å². The maximum absolute atomic E-state index is 11.7. The predicted octanol–water partition coefficient (Wildman–Crippen LogP) is 4.07. The first-order chi connectivity index (χ1) is 8.77. The molecule has 2 aliphatic rings. The summed E-state index contributed by atoms with van der Waals surface area (Å²) >= 11 is 0. The fourth-order valence-corrected chi connectivity index (χ4v) is 3.50. The van der Waals surface area contributed by atoms with E-state index in [0.29, 0.717) is 23.4 Å². The Hall–Kier alpha value is -0.660. The van der Waals surface area contributed by atoms with E-state index in [-0.39, 0.29) is 0 Å². The predicted molar refractivity (Wildman–Crippen MR) is 72.4 cm³/mol. The summed E-state index contributed by atoms with van der Waals surface area (Å²) in [4.78, 5) is 23.4. The van der Waals surface area contributed by atoms with Crippen molar-refractivity contribution in [1.29, 1.82) is 0 Å². The molecule has 0 aromatic carbocycles. The van der Waals surface area contributed by atoms with Gasteiger partial charge in [-0.3, -0.25) is 9.59 Å². The van der Waals surface area contributed by atoms with Crippen LogP contribution in [0.15, 0.2) is 0 Å². The molecule has 2 atom stereocenters. The minimum atomic E-state index is 0.348. The van der Waals surface area contributed by atoms with Crippen LogP contribution in [0.4, 0.5) is 0 Å². The third-order valence-corrected chi connectivity index (χ3v) is 4.72. The largest absolute Gasteiger partial charge is 0.299 e. The van der Waals surface area contributed by atoms with Crippen molar-refractivity contribution in [3.63, 3.8) is 0 Å². The first-order valence-electron chi connectivity index (χ1n) is 7.83. The van der Waals surface area contributed by atoms with Gasteiger partial charge in [-0.1, -0.05) is 25.7 Å². The fraction of sp³-hybridized carbons (Fsp3) is 0.875. The number of Topliss-reactive ketones (excluding diaryl/α,β-unsaturated/α-hetero) is 2. The molecule has 2 unspecified atom stereocenters. The normalized spacial score (nSPS) is 29.6. The van der Waals surface area contributed by atoms with Gasteiger partial charge in [0.25, 0.3) is 0 Å². The van der Waals surface area contributed by atoms with Gasteiger partial charge in [0, 0.05) is 24.7 Å². The van der Waals surface area contributed by atoms with Gasteiger partial charge in [0.2, 0.25) is 0 Å². The summed E-state index contributed by atoms with van der Waals surface area (Å²) in [6.07, 6.45) is 12.9. The Bertz CT molecular complexity index is 265. The molecule has 0 spiro atoms. The molecule has 0 aromatic rings. The minimum absolute atomic E-state index is 0.348. The van der Waals surface area contributed by atoms with E-state index in [1.54, 1.807) is 0 Å². The summed E-state index contributed by atoms with van der Waals surface area (Å²) < 4.78 is 0. The quantitative estimate of drug-likeness (QED) is 0.689. The third kappa shape index (κ3) is 3.93. The Balaban J connectivity index is 1.60. The number of ketones is 2. The summed E-state index contributed by atoms with van der Waals surface area (Å²) in [5, 5.41) is 0.